The lowest BCUT2D eigenvalue weighted by Gasteiger charge is -2.43. The number of carbonyl (C=O) groups is 1. The van der Waals surface area contributed by atoms with E-state index in [4.69, 9.17) is 4.74 Å². The largest absolute Gasteiger partial charge is 0.368 e. The van der Waals surface area contributed by atoms with Crippen molar-refractivity contribution in [1.29, 1.82) is 0 Å². The molecule has 0 unspecified atom stereocenters. The number of likely N-dealkylation sites (tertiary alicyclic amines) is 1. The molecule has 0 aromatic carbocycles. The number of carbonyl (C=O) groups excluding carboxylic acids is 1. The van der Waals surface area contributed by atoms with E-state index in [1.54, 1.807) is 18.5 Å². The van der Waals surface area contributed by atoms with Crippen molar-refractivity contribution in [3.05, 3.63) is 52.7 Å². The number of rotatable bonds is 2. The van der Waals surface area contributed by atoms with Gasteiger partial charge < -0.3 is 14.2 Å². The lowest BCUT2D eigenvalue weighted by Crippen LogP contribution is -2.51. The first-order valence-electron chi connectivity index (χ1n) is 9.74. The van der Waals surface area contributed by atoms with Crippen molar-refractivity contribution in [3.63, 3.8) is 0 Å². The highest BCUT2D eigenvalue weighted by atomic mass is 16.5. The Morgan fingerprint density at radius 2 is 2.11 bits per heavy atom. The van der Waals surface area contributed by atoms with Crippen LogP contribution in [0.4, 0.5) is 0 Å². The number of pyridine rings is 2. The molecule has 3 aliphatic heterocycles. The third-order valence-corrected chi connectivity index (χ3v) is 6.07. The lowest BCUT2D eigenvalue weighted by molar-refractivity contribution is -0.143. The summed E-state index contributed by atoms with van der Waals surface area (Å²) in [5.41, 5.74) is 2.94. The van der Waals surface area contributed by atoms with Crippen molar-refractivity contribution in [2.75, 3.05) is 19.7 Å². The SMILES string of the molecule is O=C([C@@H]1CCCO1)N1C[C@@H]2C[C@H](C1)c1cc(-c3cccnc3)cc(=O)n1C2. The van der Waals surface area contributed by atoms with E-state index < -0.39 is 0 Å². The Kier molecular flexibility index (Phi) is 4.08. The van der Waals surface area contributed by atoms with Crippen molar-refractivity contribution in [2.45, 2.75) is 37.8 Å². The van der Waals surface area contributed by atoms with Crippen LogP contribution in [0.15, 0.2) is 41.5 Å². The predicted molar refractivity (Wildman–Crippen MR) is 100 cm³/mol. The molecular formula is C21H23N3O3. The van der Waals surface area contributed by atoms with Crippen molar-refractivity contribution >= 4 is 5.91 Å². The molecule has 2 fully saturated rings. The maximum Gasteiger partial charge on any atom is 0.251 e. The van der Waals surface area contributed by atoms with Crippen LogP contribution < -0.4 is 5.56 Å². The summed E-state index contributed by atoms with van der Waals surface area (Å²) in [7, 11) is 0. The Hall–Kier alpha value is -2.47. The van der Waals surface area contributed by atoms with Crippen molar-refractivity contribution in [2.24, 2.45) is 5.92 Å². The summed E-state index contributed by atoms with van der Waals surface area (Å²) in [6.07, 6.45) is 6.06. The number of hydrogen-bond donors (Lipinski definition) is 0. The topological polar surface area (TPSA) is 64.4 Å². The van der Waals surface area contributed by atoms with Gasteiger partial charge in [0.05, 0.1) is 0 Å². The van der Waals surface area contributed by atoms with Crippen LogP contribution in [0.5, 0.6) is 0 Å². The Labute approximate surface area is 157 Å². The number of ether oxygens (including phenoxy) is 1. The molecule has 140 valence electrons. The number of piperidine rings is 1. The Morgan fingerprint density at radius 1 is 1.19 bits per heavy atom. The molecule has 0 spiro atoms. The molecule has 5 rings (SSSR count). The molecule has 3 atom stereocenters. The van der Waals surface area contributed by atoms with Crippen LogP contribution in [0, 0.1) is 5.92 Å². The van der Waals surface area contributed by atoms with Gasteiger partial charge in [0.15, 0.2) is 0 Å². The monoisotopic (exact) mass is 365 g/mol. The van der Waals surface area contributed by atoms with E-state index in [0.29, 0.717) is 25.6 Å². The number of nitrogens with zero attached hydrogens (tertiary/aromatic N) is 3. The summed E-state index contributed by atoms with van der Waals surface area (Å²) in [6, 6.07) is 7.67. The van der Waals surface area contributed by atoms with E-state index in [1.807, 2.05) is 21.6 Å². The lowest BCUT2D eigenvalue weighted by atomic mass is 9.82. The molecule has 0 N–H and O–H groups in total. The predicted octanol–water partition coefficient (Wildman–Crippen LogP) is 2.04. The number of aromatic nitrogens is 2. The molecule has 3 aliphatic rings. The molecule has 27 heavy (non-hydrogen) atoms. The summed E-state index contributed by atoms with van der Waals surface area (Å²) >= 11 is 0. The van der Waals surface area contributed by atoms with Crippen molar-refractivity contribution < 1.29 is 9.53 Å². The second-order valence-corrected chi connectivity index (χ2v) is 7.90. The Morgan fingerprint density at radius 3 is 2.89 bits per heavy atom. The Balaban J connectivity index is 1.47. The highest BCUT2D eigenvalue weighted by Crippen LogP contribution is 2.37. The zero-order chi connectivity index (χ0) is 18.4. The van der Waals surface area contributed by atoms with Gasteiger partial charge in [-0.15, -0.1) is 0 Å². The summed E-state index contributed by atoms with van der Waals surface area (Å²) in [5, 5.41) is 0. The van der Waals surface area contributed by atoms with Gasteiger partial charge >= 0.3 is 0 Å². The first kappa shape index (κ1) is 16.7. The first-order valence-corrected chi connectivity index (χ1v) is 9.74. The molecule has 0 saturated carbocycles. The fourth-order valence-electron chi connectivity index (χ4n) is 4.82. The van der Waals surface area contributed by atoms with Gasteiger partial charge in [0, 0.05) is 61.9 Å². The average Bonchev–Trinajstić information content (AvgIpc) is 3.23. The zero-order valence-electron chi connectivity index (χ0n) is 15.2. The van der Waals surface area contributed by atoms with Crippen LogP contribution in [-0.4, -0.2) is 46.2 Å². The number of hydrogen-bond acceptors (Lipinski definition) is 4. The first-order chi connectivity index (χ1) is 13.2. The summed E-state index contributed by atoms with van der Waals surface area (Å²) in [6.45, 7) is 2.77. The number of fused-ring (bicyclic) bond motifs is 4. The molecule has 2 saturated heterocycles. The molecule has 6 heteroatoms. The fourth-order valence-corrected chi connectivity index (χ4v) is 4.82. The van der Waals surface area contributed by atoms with Crippen LogP contribution in [0.25, 0.3) is 11.1 Å². The standard InChI is InChI=1S/C21H23N3O3/c25-20-9-16(15-3-1-5-22-10-15)8-18-17-7-14(12-24(18)20)11-23(13-17)21(26)19-4-2-6-27-19/h1,3,5,8-10,14,17,19H,2,4,6-7,11-13H2/t14-,17+,19-/m0/s1. The van der Waals surface area contributed by atoms with Crippen LogP contribution in [0.1, 0.15) is 30.9 Å². The minimum Gasteiger partial charge on any atom is -0.368 e. The molecule has 2 aromatic heterocycles. The normalized spacial score (nSPS) is 26.7. The highest BCUT2D eigenvalue weighted by Gasteiger charge is 2.39. The van der Waals surface area contributed by atoms with E-state index in [2.05, 4.69) is 11.1 Å². The molecule has 1 amide bonds. The quantitative estimate of drug-likeness (QED) is 0.817. The minimum absolute atomic E-state index is 0.0416. The van der Waals surface area contributed by atoms with E-state index in [-0.39, 0.29) is 23.5 Å². The van der Waals surface area contributed by atoms with Crippen LogP contribution >= 0.6 is 0 Å². The molecule has 6 nitrogen and oxygen atoms in total. The average molecular weight is 365 g/mol. The third-order valence-electron chi connectivity index (χ3n) is 6.07. The number of amides is 1. The summed E-state index contributed by atoms with van der Waals surface area (Å²) in [5.74, 6) is 0.664. The van der Waals surface area contributed by atoms with E-state index in [9.17, 15) is 9.59 Å². The van der Waals surface area contributed by atoms with E-state index in [1.165, 1.54) is 0 Å². The molecule has 5 heterocycles. The maximum atomic E-state index is 12.8. The second-order valence-electron chi connectivity index (χ2n) is 7.90. The minimum atomic E-state index is -0.271. The summed E-state index contributed by atoms with van der Waals surface area (Å²) in [4.78, 5) is 31.7. The fraction of sp³-hybridized carbons (Fsp3) is 0.476. The Bertz CT molecular complexity index is 918. The van der Waals surface area contributed by atoms with Crippen molar-refractivity contribution in [3.8, 4) is 11.1 Å². The third kappa shape index (κ3) is 2.98. The van der Waals surface area contributed by atoms with Crippen LogP contribution in [0.2, 0.25) is 0 Å². The van der Waals surface area contributed by atoms with Gasteiger partial charge in [0.25, 0.3) is 11.5 Å². The van der Waals surface area contributed by atoms with E-state index in [0.717, 1.165) is 42.6 Å². The van der Waals surface area contributed by atoms with Gasteiger partial charge in [-0.25, -0.2) is 0 Å². The van der Waals surface area contributed by atoms with Crippen molar-refractivity contribution in [1.82, 2.24) is 14.5 Å². The van der Waals surface area contributed by atoms with Gasteiger partial charge in [-0.05, 0) is 42.9 Å². The summed E-state index contributed by atoms with van der Waals surface area (Å²) < 4.78 is 7.51. The second kappa shape index (κ2) is 6.60. The molecule has 2 bridgehead atoms. The molecular weight excluding hydrogens is 342 g/mol. The van der Waals surface area contributed by atoms with Crippen LogP contribution in [0.3, 0.4) is 0 Å². The van der Waals surface area contributed by atoms with Gasteiger partial charge in [0.2, 0.25) is 0 Å². The molecule has 0 aliphatic carbocycles. The van der Waals surface area contributed by atoms with Gasteiger partial charge in [-0.3, -0.25) is 14.6 Å². The molecule has 0 radical (unpaired) electrons. The van der Waals surface area contributed by atoms with Crippen LogP contribution in [-0.2, 0) is 16.1 Å². The van der Waals surface area contributed by atoms with E-state index >= 15 is 0 Å². The van der Waals surface area contributed by atoms with Gasteiger partial charge in [-0.2, -0.15) is 0 Å². The maximum absolute atomic E-state index is 12.8. The van der Waals surface area contributed by atoms with Gasteiger partial charge in [-0.1, -0.05) is 6.07 Å². The molecule has 2 aromatic rings. The van der Waals surface area contributed by atoms with Gasteiger partial charge in [0.1, 0.15) is 6.10 Å². The smallest absolute Gasteiger partial charge is 0.251 e. The zero-order valence-corrected chi connectivity index (χ0v) is 15.2. The highest BCUT2D eigenvalue weighted by molar-refractivity contribution is 5.81.